The molecule has 1 aliphatic rings. The third kappa shape index (κ3) is 2.60. The summed E-state index contributed by atoms with van der Waals surface area (Å²) in [5, 5.41) is 2.38. The number of rotatable bonds is 0. The fourth-order valence-corrected chi connectivity index (χ4v) is 3.54. The maximum absolute atomic E-state index is 12.5. The monoisotopic (exact) mass is 361 g/mol. The maximum Gasteiger partial charge on any atom is 0.414 e. The summed E-state index contributed by atoms with van der Waals surface area (Å²) < 4.78 is 6.62. The molecule has 116 valence electrons. The lowest BCUT2D eigenvalue weighted by atomic mass is 9.96. The van der Waals surface area contributed by atoms with Gasteiger partial charge in [-0.15, -0.1) is 0 Å². The largest absolute Gasteiger partial charge is 0.443 e. The zero-order chi connectivity index (χ0) is 16.1. The second-order valence-electron chi connectivity index (χ2n) is 6.83. The van der Waals surface area contributed by atoms with Crippen molar-refractivity contribution in [3.05, 3.63) is 40.4 Å². The Morgan fingerprint density at radius 1 is 1.23 bits per heavy atom. The van der Waals surface area contributed by atoms with Crippen LogP contribution in [-0.4, -0.2) is 18.2 Å². The molecule has 1 unspecified atom stereocenters. The SMILES string of the molecule is CC1CN(C(=O)OC(C)(C)C)c2ccc3c(Br)cccc3c21. The van der Waals surface area contributed by atoms with Crippen molar-refractivity contribution in [3.8, 4) is 0 Å². The number of nitrogens with zero attached hydrogens (tertiary/aromatic N) is 1. The van der Waals surface area contributed by atoms with Crippen LogP contribution < -0.4 is 4.90 Å². The minimum atomic E-state index is -0.483. The van der Waals surface area contributed by atoms with E-state index in [2.05, 4.69) is 35.0 Å². The highest BCUT2D eigenvalue weighted by Crippen LogP contribution is 2.42. The van der Waals surface area contributed by atoms with E-state index < -0.39 is 5.60 Å². The van der Waals surface area contributed by atoms with Crippen LogP contribution in [0.4, 0.5) is 10.5 Å². The minimum Gasteiger partial charge on any atom is -0.443 e. The zero-order valence-corrected chi connectivity index (χ0v) is 14.9. The van der Waals surface area contributed by atoms with Gasteiger partial charge in [-0.3, -0.25) is 4.90 Å². The smallest absolute Gasteiger partial charge is 0.414 e. The highest BCUT2D eigenvalue weighted by molar-refractivity contribution is 9.10. The van der Waals surface area contributed by atoms with E-state index in [1.807, 2.05) is 39.0 Å². The van der Waals surface area contributed by atoms with Gasteiger partial charge in [-0.25, -0.2) is 4.79 Å². The number of ether oxygens (including phenoxy) is 1. The van der Waals surface area contributed by atoms with Gasteiger partial charge in [-0.1, -0.05) is 41.1 Å². The number of anilines is 1. The van der Waals surface area contributed by atoms with Crippen LogP contribution in [0.5, 0.6) is 0 Å². The summed E-state index contributed by atoms with van der Waals surface area (Å²) >= 11 is 3.60. The molecule has 1 atom stereocenters. The predicted octanol–water partition coefficient (Wildman–Crippen LogP) is 5.46. The highest BCUT2D eigenvalue weighted by atomic mass is 79.9. The molecule has 0 radical (unpaired) electrons. The van der Waals surface area contributed by atoms with Crippen molar-refractivity contribution >= 4 is 38.5 Å². The molecule has 0 aliphatic carbocycles. The van der Waals surface area contributed by atoms with Gasteiger partial charge in [-0.2, -0.15) is 0 Å². The van der Waals surface area contributed by atoms with E-state index in [-0.39, 0.29) is 6.09 Å². The van der Waals surface area contributed by atoms with Crippen LogP contribution in [0.2, 0.25) is 0 Å². The molecule has 3 rings (SSSR count). The molecule has 1 aliphatic heterocycles. The van der Waals surface area contributed by atoms with Gasteiger partial charge in [0.15, 0.2) is 0 Å². The first kappa shape index (κ1) is 15.3. The summed E-state index contributed by atoms with van der Waals surface area (Å²) in [6, 6.07) is 10.3. The Morgan fingerprint density at radius 2 is 1.95 bits per heavy atom. The summed E-state index contributed by atoms with van der Waals surface area (Å²) in [5.74, 6) is 0.292. The fourth-order valence-electron chi connectivity index (χ4n) is 3.04. The number of carbonyl (C=O) groups excluding carboxylic acids is 1. The van der Waals surface area contributed by atoms with E-state index >= 15 is 0 Å². The molecular formula is C18H20BrNO2. The van der Waals surface area contributed by atoms with Crippen LogP contribution in [0.25, 0.3) is 10.8 Å². The third-order valence-electron chi connectivity index (χ3n) is 3.88. The Balaban J connectivity index is 2.08. The minimum absolute atomic E-state index is 0.271. The Labute approximate surface area is 139 Å². The molecule has 4 heteroatoms. The summed E-state index contributed by atoms with van der Waals surface area (Å²) in [6.45, 7) is 8.49. The average Bonchev–Trinajstić information content (AvgIpc) is 2.75. The van der Waals surface area contributed by atoms with Crippen molar-refractivity contribution < 1.29 is 9.53 Å². The van der Waals surface area contributed by atoms with Crippen molar-refractivity contribution in [2.45, 2.75) is 39.2 Å². The van der Waals surface area contributed by atoms with Gasteiger partial charge >= 0.3 is 6.09 Å². The Bertz CT molecular complexity index is 749. The number of benzene rings is 2. The molecule has 0 saturated carbocycles. The number of hydrogen-bond donors (Lipinski definition) is 0. The van der Waals surface area contributed by atoms with Crippen LogP contribution in [0.3, 0.4) is 0 Å². The van der Waals surface area contributed by atoms with E-state index in [0.29, 0.717) is 12.5 Å². The van der Waals surface area contributed by atoms with Crippen molar-refractivity contribution in [2.24, 2.45) is 0 Å². The topological polar surface area (TPSA) is 29.5 Å². The Morgan fingerprint density at radius 3 is 2.64 bits per heavy atom. The van der Waals surface area contributed by atoms with Gasteiger partial charge in [0.25, 0.3) is 0 Å². The van der Waals surface area contributed by atoms with E-state index in [9.17, 15) is 4.79 Å². The van der Waals surface area contributed by atoms with Gasteiger partial charge in [0.2, 0.25) is 0 Å². The summed E-state index contributed by atoms with van der Waals surface area (Å²) in [6.07, 6.45) is -0.271. The number of amides is 1. The first-order chi connectivity index (χ1) is 10.3. The lowest BCUT2D eigenvalue weighted by Gasteiger charge is -2.25. The van der Waals surface area contributed by atoms with Crippen molar-refractivity contribution in [3.63, 3.8) is 0 Å². The van der Waals surface area contributed by atoms with Crippen LogP contribution >= 0.6 is 15.9 Å². The van der Waals surface area contributed by atoms with Gasteiger partial charge in [-0.05, 0) is 49.2 Å². The molecule has 0 N–H and O–H groups in total. The molecule has 2 aromatic rings. The summed E-state index contributed by atoms with van der Waals surface area (Å²) in [4.78, 5) is 14.2. The lowest BCUT2D eigenvalue weighted by molar-refractivity contribution is 0.0582. The van der Waals surface area contributed by atoms with E-state index in [1.165, 1.54) is 16.3 Å². The second-order valence-corrected chi connectivity index (χ2v) is 7.68. The molecule has 0 fully saturated rings. The van der Waals surface area contributed by atoms with E-state index in [0.717, 1.165) is 10.2 Å². The number of halogens is 1. The quantitative estimate of drug-likeness (QED) is 0.623. The molecular weight excluding hydrogens is 342 g/mol. The van der Waals surface area contributed by atoms with Crippen molar-refractivity contribution in [1.29, 1.82) is 0 Å². The molecule has 22 heavy (non-hydrogen) atoms. The zero-order valence-electron chi connectivity index (χ0n) is 13.3. The van der Waals surface area contributed by atoms with E-state index in [1.54, 1.807) is 4.90 Å². The van der Waals surface area contributed by atoms with Gasteiger partial charge in [0, 0.05) is 16.9 Å². The first-order valence-electron chi connectivity index (χ1n) is 7.49. The number of carbonyl (C=O) groups is 1. The lowest BCUT2D eigenvalue weighted by Crippen LogP contribution is -2.36. The first-order valence-corrected chi connectivity index (χ1v) is 8.29. The molecule has 2 aromatic carbocycles. The molecule has 0 saturated heterocycles. The molecule has 0 aromatic heterocycles. The van der Waals surface area contributed by atoms with Crippen molar-refractivity contribution in [1.82, 2.24) is 0 Å². The third-order valence-corrected chi connectivity index (χ3v) is 4.57. The predicted molar refractivity (Wildman–Crippen MR) is 93.6 cm³/mol. The maximum atomic E-state index is 12.5. The standard InChI is InChI=1S/C18H20BrNO2/c1-11-10-20(17(21)22-18(2,3)4)15-9-8-12-13(16(11)15)6-5-7-14(12)19/h5-9,11H,10H2,1-4H3. The average molecular weight is 362 g/mol. The van der Waals surface area contributed by atoms with Gasteiger partial charge in [0.1, 0.15) is 5.60 Å². The van der Waals surface area contributed by atoms with E-state index in [4.69, 9.17) is 4.74 Å². The molecule has 3 nitrogen and oxygen atoms in total. The molecule has 0 bridgehead atoms. The fraction of sp³-hybridized carbons (Fsp3) is 0.389. The van der Waals surface area contributed by atoms with Crippen molar-refractivity contribution in [2.75, 3.05) is 11.4 Å². The van der Waals surface area contributed by atoms with Gasteiger partial charge < -0.3 is 4.74 Å². The molecule has 1 heterocycles. The van der Waals surface area contributed by atoms with Crippen LogP contribution in [0.1, 0.15) is 39.2 Å². The number of fused-ring (bicyclic) bond motifs is 3. The Kier molecular flexibility index (Phi) is 3.68. The normalized spacial score (nSPS) is 17.7. The molecule has 0 spiro atoms. The Hall–Kier alpha value is -1.55. The van der Waals surface area contributed by atoms with Crippen LogP contribution in [0.15, 0.2) is 34.8 Å². The number of hydrogen-bond acceptors (Lipinski definition) is 2. The van der Waals surface area contributed by atoms with Crippen LogP contribution in [0, 0.1) is 0 Å². The second kappa shape index (κ2) is 5.27. The van der Waals surface area contributed by atoms with Gasteiger partial charge in [0.05, 0.1) is 5.69 Å². The highest BCUT2D eigenvalue weighted by Gasteiger charge is 2.34. The molecule has 1 amide bonds. The summed E-state index contributed by atoms with van der Waals surface area (Å²) in [7, 11) is 0. The summed E-state index contributed by atoms with van der Waals surface area (Å²) in [5.41, 5.74) is 1.71. The van der Waals surface area contributed by atoms with Crippen LogP contribution in [-0.2, 0) is 4.74 Å².